The lowest BCUT2D eigenvalue weighted by atomic mass is 9.88. The van der Waals surface area contributed by atoms with Crippen LogP contribution < -0.4 is 9.61 Å². The van der Waals surface area contributed by atoms with E-state index in [0.29, 0.717) is 11.8 Å². The molecule has 3 nitrogen and oxygen atoms in total. The van der Waals surface area contributed by atoms with Crippen molar-refractivity contribution in [1.82, 2.24) is 9.55 Å². The summed E-state index contributed by atoms with van der Waals surface area (Å²) in [6.07, 6.45) is 0. The fourth-order valence-electron chi connectivity index (χ4n) is 7.53. The number of imidazole rings is 1. The average Bonchev–Trinajstić information content (AvgIpc) is 3.46. The van der Waals surface area contributed by atoms with E-state index in [4.69, 9.17) is 9.41 Å². The van der Waals surface area contributed by atoms with Gasteiger partial charge >= 0.3 is 0 Å². The molecule has 47 heavy (non-hydrogen) atoms. The van der Waals surface area contributed by atoms with Gasteiger partial charge < -0.3 is 4.43 Å². The Morgan fingerprint density at radius 3 is 2.02 bits per heavy atom. The smallest absolute Gasteiger partial charge is 0.278 e. The minimum atomic E-state index is -2.37. The molecule has 0 saturated carbocycles. The van der Waals surface area contributed by atoms with Crippen LogP contribution in [0.5, 0.6) is 5.75 Å². The first-order valence-electron chi connectivity index (χ1n) is 16.8. The van der Waals surface area contributed by atoms with Gasteiger partial charge in [-0.25, -0.2) is 4.98 Å². The predicted octanol–water partition coefficient (Wildman–Crippen LogP) is 11.2. The molecule has 0 bridgehead atoms. The largest absolute Gasteiger partial charge is 0.539 e. The van der Waals surface area contributed by atoms with Crippen molar-refractivity contribution < 1.29 is 4.43 Å². The Kier molecular flexibility index (Phi) is 6.96. The molecule has 1 aliphatic rings. The molecule has 7 aromatic rings. The molecular weight excluding hydrogens is 589 g/mol. The molecule has 1 aliphatic heterocycles. The molecule has 0 unspecified atom stereocenters. The molecule has 0 saturated heterocycles. The van der Waals surface area contributed by atoms with Gasteiger partial charge in [0, 0.05) is 5.56 Å². The second kappa shape index (κ2) is 11.1. The summed E-state index contributed by atoms with van der Waals surface area (Å²) in [4.78, 5) is 5.40. The molecule has 232 valence electrons. The summed E-state index contributed by atoms with van der Waals surface area (Å²) in [6, 6.07) is 44.0. The highest BCUT2D eigenvalue weighted by molar-refractivity contribution is 6.88. The first-order chi connectivity index (χ1) is 22.7. The standard InChI is InChI=1S/C43H40N2OSi/c1-27(2)36-25-31(29-15-8-7-9-16-29)26-37(28(3)4)40(36)45-39-22-13-12-21-38(39)44-43(45)35-20-14-19-33-34-24-23-30-17-10-11-18-32(30)42(34)47(5,6)46-41(33)35/h7-28H,1-6H3. The zero-order chi connectivity index (χ0) is 32.4. The maximum atomic E-state index is 7.24. The number of benzene rings is 6. The SMILES string of the molecule is CC(C)c1cc(-c2ccccc2)cc(C(C)C)c1-n1c(-c2cccc3c2O[Si](C)(C)c2c-3ccc3ccccc23)nc2ccccc21. The highest BCUT2D eigenvalue weighted by atomic mass is 28.4. The molecule has 0 fully saturated rings. The van der Waals surface area contributed by atoms with Crippen LogP contribution in [-0.4, -0.2) is 17.9 Å². The normalized spacial score (nSPS) is 13.6. The molecule has 0 atom stereocenters. The third kappa shape index (κ3) is 4.73. The highest BCUT2D eigenvalue weighted by Crippen LogP contribution is 2.47. The van der Waals surface area contributed by atoms with Crippen molar-refractivity contribution in [3.63, 3.8) is 0 Å². The van der Waals surface area contributed by atoms with Crippen LogP contribution in [0.1, 0.15) is 50.7 Å². The van der Waals surface area contributed by atoms with Crippen molar-refractivity contribution in [2.24, 2.45) is 0 Å². The maximum Gasteiger partial charge on any atom is 0.278 e. The first kappa shape index (κ1) is 29.5. The Bertz CT molecular complexity index is 2280. The Balaban J connectivity index is 1.44. The summed E-state index contributed by atoms with van der Waals surface area (Å²) in [5, 5.41) is 3.93. The van der Waals surface area contributed by atoms with Gasteiger partial charge in [0.1, 0.15) is 11.6 Å². The molecule has 0 N–H and O–H groups in total. The summed E-state index contributed by atoms with van der Waals surface area (Å²) in [7, 11) is -2.37. The summed E-state index contributed by atoms with van der Waals surface area (Å²) in [5.74, 6) is 2.47. The molecule has 8 rings (SSSR count). The zero-order valence-corrected chi connectivity index (χ0v) is 29.0. The third-order valence-electron chi connectivity index (χ3n) is 9.74. The second-order valence-electron chi connectivity index (χ2n) is 13.9. The monoisotopic (exact) mass is 628 g/mol. The number of rotatable bonds is 5. The second-order valence-corrected chi connectivity index (χ2v) is 17.7. The summed E-state index contributed by atoms with van der Waals surface area (Å²) in [5.41, 5.74) is 11.9. The number of aromatic nitrogens is 2. The Morgan fingerprint density at radius 1 is 0.617 bits per heavy atom. The van der Waals surface area contributed by atoms with E-state index in [-0.39, 0.29) is 0 Å². The zero-order valence-electron chi connectivity index (χ0n) is 28.0. The van der Waals surface area contributed by atoms with E-state index in [0.717, 1.165) is 33.7 Å². The van der Waals surface area contributed by atoms with E-state index in [1.807, 2.05) is 0 Å². The summed E-state index contributed by atoms with van der Waals surface area (Å²) >= 11 is 0. The minimum absolute atomic E-state index is 0.299. The fourth-order valence-corrected chi connectivity index (χ4v) is 10.1. The van der Waals surface area contributed by atoms with Gasteiger partial charge in [0.25, 0.3) is 8.32 Å². The number of hydrogen-bond acceptors (Lipinski definition) is 2. The predicted molar refractivity (Wildman–Crippen MR) is 201 cm³/mol. The highest BCUT2D eigenvalue weighted by Gasteiger charge is 2.39. The van der Waals surface area contributed by atoms with E-state index < -0.39 is 8.32 Å². The van der Waals surface area contributed by atoms with Gasteiger partial charge in [0.15, 0.2) is 0 Å². The van der Waals surface area contributed by atoms with Crippen molar-refractivity contribution in [1.29, 1.82) is 0 Å². The van der Waals surface area contributed by atoms with E-state index in [1.165, 1.54) is 49.5 Å². The molecule has 0 spiro atoms. The van der Waals surface area contributed by atoms with Gasteiger partial charge in [-0.05, 0) is 99.0 Å². The number of fused-ring (bicyclic) bond motifs is 6. The average molecular weight is 629 g/mol. The van der Waals surface area contributed by atoms with Crippen LogP contribution in [-0.2, 0) is 0 Å². The quantitative estimate of drug-likeness (QED) is 0.177. The third-order valence-corrected chi connectivity index (χ3v) is 12.2. The van der Waals surface area contributed by atoms with Gasteiger partial charge in [-0.2, -0.15) is 0 Å². The molecule has 0 radical (unpaired) electrons. The van der Waals surface area contributed by atoms with Crippen LogP contribution in [0.25, 0.3) is 61.1 Å². The van der Waals surface area contributed by atoms with Gasteiger partial charge in [-0.15, -0.1) is 0 Å². The fraction of sp³-hybridized carbons (Fsp3) is 0.186. The van der Waals surface area contributed by atoms with Crippen LogP contribution >= 0.6 is 0 Å². The topological polar surface area (TPSA) is 27.1 Å². The minimum Gasteiger partial charge on any atom is -0.539 e. The van der Waals surface area contributed by atoms with E-state index in [2.05, 4.69) is 167 Å². The van der Waals surface area contributed by atoms with E-state index in [9.17, 15) is 0 Å². The van der Waals surface area contributed by atoms with Crippen LogP contribution in [0.4, 0.5) is 0 Å². The molecule has 1 aromatic heterocycles. The summed E-state index contributed by atoms with van der Waals surface area (Å²) in [6.45, 7) is 13.9. The molecule has 0 aliphatic carbocycles. The summed E-state index contributed by atoms with van der Waals surface area (Å²) < 4.78 is 9.67. The van der Waals surface area contributed by atoms with Crippen LogP contribution in [0.15, 0.2) is 121 Å². The molecule has 6 aromatic carbocycles. The van der Waals surface area contributed by atoms with Crippen LogP contribution in [0.2, 0.25) is 13.1 Å². The van der Waals surface area contributed by atoms with Crippen molar-refractivity contribution in [2.75, 3.05) is 0 Å². The Hall–Kier alpha value is -4.93. The van der Waals surface area contributed by atoms with Gasteiger partial charge in [0.2, 0.25) is 0 Å². The van der Waals surface area contributed by atoms with Crippen molar-refractivity contribution >= 4 is 35.3 Å². The van der Waals surface area contributed by atoms with Gasteiger partial charge in [0.05, 0.1) is 22.3 Å². The maximum absolute atomic E-state index is 7.24. The van der Waals surface area contributed by atoms with Crippen LogP contribution in [0.3, 0.4) is 0 Å². The van der Waals surface area contributed by atoms with Gasteiger partial charge in [-0.3, -0.25) is 4.57 Å². The molecular formula is C43H40N2OSi. The van der Waals surface area contributed by atoms with Crippen molar-refractivity contribution in [2.45, 2.75) is 52.6 Å². The van der Waals surface area contributed by atoms with Crippen molar-refractivity contribution in [3.05, 3.63) is 132 Å². The molecule has 0 amide bonds. The number of hydrogen-bond donors (Lipinski definition) is 0. The molecule has 4 heteroatoms. The molecule has 2 heterocycles. The van der Waals surface area contributed by atoms with Gasteiger partial charge in [-0.1, -0.05) is 119 Å². The Morgan fingerprint density at radius 2 is 1.28 bits per heavy atom. The first-order valence-corrected chi connectivity index (χ1v) is 19.7. The number of nitrogens with zero attached hydrogens (tertiary/aromatic N) is 2. The lowest BCUT2D eigenvalue weighted by Crippen LogP contribution is -2.51. The lowest BCUT2D eigenvalue weighted by Gasteiger charge is -2.35. The van der Waals surface area contributed by atoms with Crippen molar-refractivity contribution in [3.8, 4) is 45.1 Å². The lowest BCUT2D eigenvalue weighted by molar-refractivity contribution is 0.564. The van der Waals surface area contributed by atoms with E-state index >= 15 is 0 Å². The van der Waals surface area contributed by atoms with Crippen LogP contribution in [0, 0.1) is 0 Å². The van der Waals surface area contributed by atoms with E-state index in [1.54, 1.807) is 0 Å². The number of para-hydroxylation sites is 3. The Labute approximate surface area is 278 Å².